The summed E-state index contributed by atoms with van der Waals surface area (Å²) < 4.78 is 0. The first-order valence-electron chi connectivity index (χ1n) is 8.95. The van der Waals surface area contributed by atoms with Crippen LogP contribution in [0.4, 0.5) is 0 Å². The van der Waals surface area contributed by atoms with Crippen molar-refractivity contribution in [2.75, 3.05) is 6.54 Å². The van der Waals surface area contributed by atoms with Crippen molar-refractivity contribution in [3.63, 3.8) is 0 Å². The van der Waals surface area contributed by atoms with Gasteiger partial charge in [-0.25, -0.2) is 0 Å². The van der Waals surface area contributed by atoms with Crippen LogP contribution in [0.15, 0.2) is 48.6 Å². The summed E-state index contributed by atoms with van der Waals surface area (Å²) >= 11 is 5.89. The smallest absolute Gasteiger partial charge is 0.323 e. The largest absolute Gasteiger partial charge is 0.480 e. The molecule has 1 heterocycles. The Bertz CT molecular complexity index is 818. The molecule has 1 fully saturated rings. The normalized spacial score (nSPS) is 21.6. The first kappa shape index (κ1) is 21.7. The lowest BCUT2D eigenvalue weighted by molar-refractivity contribution is -0.170. The van der Waals surface area contributed by atoms with Crippen LogP contribution in [-0.2, 0) is 20.9 Å². The van der Waals surface area contributed by atoms with Gasteiger partial charge in [0.15, 0.2) is 0 Å². The van der Waals surface area contributed by atoms with Crippen LogP contribution in [-0.4, -0.2) is 50.8 Å². The van der Waals surface area contributed by atoms with E-state index in [2.05, 4.69) is 6.58 Å². The molecular weight excluding hydrogens is 380 g/mol. The SMILES string of the molecule is C=CC=C(C)C1CC(C)(C(=O)N(CC(=O)O)Cc2ccc(Cl)cc2)N1C(C)=O. The second kappa shape index (κ2) is 8.61. The zero-order chi connectivity index (χ0) is 21.1. The second-order valence-electron chi connectivity index (χ2n) is 7.21. The van der Waals surface area contributed by atoms with Crippen molar-refractivity contribution in [3.05, 3.63) is 59.2 Å². The molecule has 0 radical (unpaired) electrons. The topological polar surface area (TPSA) is 77.9 Å². The fourth-order valence-electron chi connectivity index (χ4n) is 3.73. The third kappa shape index (κ3) is 4.44. The molecule has 2 amide bonds. The standard InChI is InChI=1S/C21H25ClN2O4/c1-5-6-14(2)18-11-21(4,24(18)15(3)25)20(28)23(13-19(26)27)12-16-7-9-17(22)10-8-16/h5-10,18H,1,11-13H2,2-4H3,(H,26,27). The van der Waals surface area contributed by atoms with Crippen molar-refractivity contribution >= 4 is 29.4 Å². The van der Waals surface area contributed by atoms with E-state index in [1.54, 1.807) is 37.3 Å². The summed E-state index contributed by atoms with van der Waals surface area (Å²) in [4.78, 5) is 39.7. The van der Waals surface area contributed by atoms with Gasteiger partial charge in [0.05, 0.1) is 6.04 Å². The summed E-state index contributed by atoms with van der Waals surface area (Å²) in [6.07, 6.45) is 3.88. The monoisotopic (exact) mass is 404 g/mol. The molecule has 2 unspecified atom stereocenters. The summed E-state index contributed by atoms with van der Waals surface area (Å²) in [7, 11) is 0. The molecule has 1 aromatic carbocycles. The van der Waals surface area contributed by atoms with Gasteiger partial charge in [0.25, 0.3) is 0 Å². The molecule has 6 nitrogen and oxygen atoms in total. The number of allylic oxidation sites excluding steroid dienone is 2. The second-order valence-corrected chi connectivity index (χ2v) is 7.65. The lowest BCUT2D eigenvalue weighted by Gasteiger charge is -2.56. The number of aliphatic carboxylic acids is 1. The van der Waals surface area contributed by atoms with Gasteiger partial charge in [0, 0.05) is 24.9 Å². The average molecular weight is 405 g/mol. The van der Waals surface area contributed by atoms with Gasteiger partial charge in [0.1, 0.15) is 12.1 Å². The molecule has 1 aromatic rings. The van der Waals surface area contributed by atoms with Crippen LogP contribution in [0.3, 0.4) is 0 Å². The van der Waals surface area contributed by atoms with E-state index < -0.39 is 18.1 Å². The molecule has 1 N–H and O–H groups in total. The van der Waals surface area contributed by atoms with Crippen LogP contribution >= 0.6 is 11.6 Å². The highest BCUT2D eigenvalue weighted by Crippen LogP contribution is 2.41. The Kier molecular flexibility index (Phi) is 6.67. The third-order valence-corrected chi connectivity index (χ3v) is 5.29. The molecule has 0 spiro atoms. The minimum Gasteiger partial charge on any atom is -0.480 e. The molecule has 28 heavy (non-hydrogen) atoms. The Morgan fingerprint density at radius 1 is 1.32 bits per heavy atom. The fourth-order valence-corrected chi connectivity index (χ4v) is 3.86. The minimum atomic E-state index is -1.11. The maximum Gasteiger partial charge on any atom is 0.323 e. The summed E-state index contributed by atoms with van der Waals surface area (Å²) in [5.74, 6) is -1.73. The highest BCUT2D eigenvalue weighted by Gasteiger charge is 2.56. The Balaban J connectivity index is 2.30. The lowest BCUT2D eigenvalue weighted by Crippen LogP contribution is -2.72. The predicted octanol–water partition coefficient (Wildman–Crippen LogP) is 3.27. The van der Waals surface area contributed by atoms with Crippen LogP contribution in [0.25, 0.3) is 0 Å². The van der Waals surface area contributed by atoms with Crippen molar-refractivity contribution in [2.45, 2.75) is 45.3 Å². The molecule has 1 aliphatic heterocycles. The number of nitrogens with zero attached hydrogens (tertiary/aromatic N) is 2. The van der Waals surface area contributed by atoms with Gasteiger partial charge in [-0.3, -0.25) is 14.4 Å². The van der Waals surface area contributed by atoms with Crippen molar-refractivity contribution in [2.24, 2.45) is 0 Å². The maximum absolute atomic E-state index is 13.3. The van der Waals surface area contributed by atoms with E-state index >= 15 is 0 Å². The molecule has 0 aliphatic carbocycles. The average Bonchev–Trinajstić information content (AvgIpc) is 2.59. The van der Waals surface area contributed by atoms with Gasteiger partial charge in [0.2, 0.25) is 11.8 Å². The van der Waals surface area contributed by atoms with E-state index in [0.717, 1.165) is 11.1 Å². The van der Waals surface area contributed by atoms with Crippen LogP contribution in [0.2, 0.25) is 5.02 Å². The first-order valence-corrected chi connectivity index (χ1v) is 9.32. The number of halogens is 1. The van der Waals surface area contributed by atoms with Crippen LogP contribution in [0, 0.1) is 0 Å². The van der Waals surface area contributed by atoms with Gasteiger partial charge in [-0.1, -0.05) is 48.0 Å². The van der Waals surface area contributed by atoms with Crippen LogP contribution < -0.4 is 0 Å². The van der Waals surface area contributed by atoms with Crippen molar-refractivity contribution < 1.29 is 19.5 Å². The van der Waals surface area contributed by atoms with E-state index in [4.69, 9.17) is 11.6 Å². The van der Waals surface area contributed by atoms with Gasteiger partial charge >= 0.3 is 5.97 Å². The van der Waals surface area contributed by atoms with Crippen molar-refractivity contribution in [1.82, 2.24) is 9.80 Å². The molecular formula is C21H25ClN2O4. The van der Waals surface area contributed by atoms with Crippen molar-refractivity contribution in [1.29, 1.82) is 0 Å². The van der Waals surface area contributed by atoms with E-state index in [9.17, 15) is 19.5 Å². The van der Waals surface area contributed by atoms with E-state index in [-0.39, 0.29) is 24.4 Å². The number of benzene rings is 1. The zero-order valence-corrected chi connectivity index (χ0v) is 17.1. The van der Waals surface area contributed by atoms with Gasteiger partial charge in [-0.15, -0.1) is 0 Å². The van der Waals surface area contributed by atoms with Crippen LogP contribution in [0.1, 0.15) is 32.8 Å². The number of carbonyl (C=O) groups is 3. The lowest BCUT2D eigenvalue weighted by atomic mass is 9.75. The maximum atomic E-state index is 13.3. The number of hydrogen-bond acceptors (Lipinski definition) is 3. The number of likely N-dealkylation sites (tertiary alicyclic amines) is 1. The summed E-state index contributed by atoms with van der Waals surface area (Å²) in [6.45, 7) is 8.32. The predicted molar refractivity (Wildman–Crippen MR) is 108 cm³/mol. The summed E-state index contributed by atoms with van der Waals surface area (Å²) in [6, 6.07) is 6.66. The van der Waals surface area contributed by atoms with E-state index in [1.165, 1.54) is 16.7 Å². The number of rotatable bonds is 7. The Morgan fingerprint density at radius 2 is 1.93 bits per heavy atom. The molecule has 150 valence electrons. The van der Waals surface area contributed by atoms with Crippen LogP contribution in [0.5, 0.6) is 0 Å². The van der Waals surface area contributed by atoms with Gasteiger partial charge in [-0.05, 0) is 31.5 Å². The van der Waals surface area contributed by atoms with E-state index in [0.29, 0.717) is 11.4 Å². The van der Waals surface area contributed by atoms with Gasteiger partial charge in [-0.2, -0.15) is 0 Å². The zero-order valence-electron chi connectivity index (χ0n) is 16.3. The number of carboxylic acid groups (broad SMARTS) is 1. The molecule has 1 aliphatic rings. The Hall–Kier alpha value is -2.60. The quantitative estimate of drug-likeness (QED) is 0.707. The molecule has 0 saturated carbocycles. The number of hydrogen-bond donors (Lipinski definition) is 1. The molecule has 7 heteroatoms. The first-order chi connectivity index (χ1) is 13.1. The molecule has 2 atom stereocenters. The third-order valence-electron chi connectivity index (χ3n) is 5.04. The highest BCUT2D eigenvalue weighted by atomic mass is 35.5. The summed E-state index contributed by atoms with van der Waals surface area (Å²) in [5, 5.41) is 9.84. The number of carboxylic acids is 1. The summed E-state index contributed by atoms with van der Waals surface area (Å²) in [5.41, 5.74) is 0.600. The Morgan fingerprint density at radius 3 is 2.43 bits per heavy atom. The van der Waals surface area contributed by atoms with Gasteiger partial charge < -0.3 is 14.9 Å². The molecule has 1 saturated heterocycles. The molecule has 2 rings (SSSR count). The Labute approximate surface area is 170 Å². The minimum absolute atomic E-state index is 0.121. The number of amides is 2. The van der Waals surface area contributed by atoms with E-state index in [1.807, 2.05) is 13.0 Å². The molecule has 0 bridgehead atoms. The number of carbonyl (C=O) groups excluding carboxylic acids is 2. The molecule has 0 aromatic heterocycles. The van der Waals surface area contributed by atoms with Crippen molar-refractivity contribution in [3.8, 4) is 0 Å². The highest BCUT2D eigenvalue weighted by molar-refractivity contribution is 6.30. The fraction of sp³-hybridized carbons (Fsp3) is 0.381.